The van der Waals surface area contributed by atoms with Gasteiger partial charge in [0.05, 0.1) is 0 Å². The highest BCUT2D eigenvalue weighted by Crippen LogP contribution is 2.23. The third kappa shape index (κ3) is 4.97. The monoisotopic (exact) mass is 277 g/mol. The Morgan fingerprint density at radius 2 is 2.05 bits per heavy atom. The Kier molecular flexibility index (Phi) is 6.21. The maximum atomic E-state index is 11.1. The van der Waals surface area contributed by atoms with Gasteiger partial charge in [0.15, 0.2) is 0 Å². The molecule has 0 bridgehead atoms. The molecule has 1 aromatic rings. The largest absolute Gasteiger partial charge is 0.480 e. The Balaban J connectivity index is 2.46. The van der Waals surface area contributed by atoms with Crippen molar-refractivity contribution in [1.82, 2.24) is 0 Å². The summed E-state index contributed by atoms with van der Waals surface area (Å²) in [6.45, 7) is 5.85. The van der Waals surface area contributed by atoms with E-state index in [-0.39, 0.29) is 0 Å². The maximum Gasteiger partial charge on any atom is 0.323 e. The average Bonchev–Trinajstić information content (AvgIpc) is 2.39. The van der Waals surface area contributed by atoms with Crippen molar-refractivity contribution < 1.29 is 9.90 Å². The molecule has 2 unspecified atom stereocenters. The van der Waals surface area contributed by atoms with Gasteiger partial charge in [-0.1, -0.05) is 44.0 Å². The lowest BCUT2D eigenvalue weighted by Crippen LogP contribution is -2.46. The van der Waals surface area contributed by atoms with Crippen LogP contribution in [0.5, 0.6) is 0 Å². The molecule has 0 fully saturated rings. The summed E-state index contributed by atoms with van der Waals surface area (Å²) in [6, 6.07) is 8.43. The fourth-order valence-corrected chi connectivity index (χ4v) is 2.61. The molecular weight excluding hydrogens is 250 g/mol. The van der Waals surface area contributed by atoms with Gasteiger partial charge in [-0.2, -0.15) is 0 Å². The number of benzene rings is 1. The lowest BCUT2D eigenvalue weighted by atomic mass is 9.85. The zero-order valence-corrected chi connectivity index (χ0v) is 12.9. The molecule has 0 aliphatic heterocycles. The number of carbonyl (C=O) groups is 1. The van der Waals surface area contributed by atoms with Gasteiger partial charge >= 0.3 is 5.97 Å². The number of hydrogen-bond donors (Lipinski definition) is 2. The molecule has 0 heterocycles. The lowest BCUT2D eigenvalue weighted by Gasteiger charge is -2.25. The van der Waals surface area contributed by atoms with Crippen LogP contribution in [0.3, 0.4) is 0 Å². The number of aryl methyl sites for hydroxylation is 2. The molecule has 2 atom stereocenters. The molecule has 20 heavy (non-hydrogen) atoms. The number of hydrogen-bond acceptors (Lipinski definition) is 2. The predicted octanol–water partition coefficient (Wildman–Crippen LogP) is 3.54. The molecule has 3 heteroatoms. The third-order valence-electron chi connectivity index (χ3n) is 4.10. The smallest absolute Gasteiger partial charge is 0.323 e. The van der Waals surface area contributed by atoms with Crippen molar-refractivity contribution in [2.24, 2.45) is 11.7 Å². The Bertz CT molecular complexity index is 440. The summed E-state index contributed by atoms with van der Waals surface area (Å²) in [5.41, 5.74) is 7.45. The van der Waals surface area contributed by atoms with E-state index in [0.717, 1.165) is 25.7 Å². The van der Waals surface area contributed by atoms with Gasteiger partial charge in [0.2, 0.25) is 0 Å². The van der Waals surface area contributed by atoms with Crippen molar-refractivity contribution >= 4 is 5.97 Å². The summed E-state index contributed by atoms with van der Waals surface area (Å²) < 4.78 is 0. The minimum Gasteiger partial charge on any atom is -0.480 e. The van der Waals surface area contributed by atoms with Crippen LogP contribution in [-0.2, 0) is 11.2 Å². The van der Waals surface area contributed by atoms with E-state index in [2.05, 4.69) is 38.1 Å². The van der Waals surface area contributed by atoms with Crippen molar-refractivity contribution in [2.45, 2.75) is 58.4 Å². The minimum atomic E-state index is -1.11. The summed E-state index contributed by atoms with van der Waals surface area (Å²) in [5.74, 6) is -0.528. The molecule has 3 N–H and O–H groups in total. The summed E-state index contributed by atoms with van der Waals surface area (Å²) >= 11 is 0. The van der Waals surface area contributed by atoms with Crippen LogP contribution in [0.15, 0.2) is 24.3 Å². The van der Waals surface area contributed by atoms with Crippen LogP contribution in [-0.4, -0.2) is 16.6 Å². The molecule has 0 saturated carbocycles. The number of nitrogens with two attached hydrogens (primary N) is 1. The molecule has 0 aromatic heterocycles. The third-order valence-corrected chi connectivity index (χ3v) is 4.10. The quantitative estimate of drug-likeness (QED) is 0.764. The Morgan fingerprint density at radius 1 is 1.40 bits per heavy atom. The molecule has 0 amide bonds. The second-order valence-electron chi connectivity index (χ2n) is 6.02. The van der Waals surface area contributed by atoms with Gasteiger partial charge in [0, 0.05) is 0 Å². The Labute approximate surface area is 122 Å². The van der Waals surface area contributed by atoms with Crippen LogP contribution in [0, 0.1) is 12.8 Å². The van der Waals surface area contributed by atoms with Gasteiger partial charge in [-0.3, -0.25) is 4.79 Å². The second kappa shape index (κ2) is 7.44. The SMILES string of the molecule is CCC(CCCc1ccccc1C)CC(C)(N)C(=O)O. The van der Waals surface area contributed by atoms with Gasteiger partial charge < -0.3 is 10.8 Å². The normalized spacial score (nSPS) is 15.6. The van der Waals surface area contributed by atoms with Gasteiger partial charge in [0.25, 0.3) is 0 Å². The first kappa shape index (κ1) is 16.7. The van der Waals surface area contributed by atoms with E-state index in [4.69, 9.17) is 10.8 Å². The highest BCUT2D eigenvalue weighted by Gasteiger charge is 2.30. The number of aliphatic carboxylic acids is 1. The van der Waals surface area contributed by atoms with Crippen LogP contribution in [0.25, 0.3) is 0 Å². The zero-order chi connectivity index (χ0) is 15.2. The predicted molar refractivity (Wildman–Crippen MR) is 82.7 cm³/mol. The number of carboxylic acid groups (broad SMARTS) is 1. The molecule has 0 aliphatic rings. The van der Waals surface area contributed by atoms with E-state index in [9.17, 15) is 4.79 Å². The standard InChI is InChI=1S/C17H27NO2/c1-4-14(12-17(3,18)16(19)20)9-7-11-15-10-6-5-8-13(15)2/h5-6,8,10,14H,4,7,9,11-12,18H2,1-3H3,(H,19,20). The van der Waals surface area contributed by atoms with Crippen molar-refractivity contribution in [2.75, 3.05) is 0 Å². The van der Waals surface area contributed by atoms with Gasteiger partial charge in [-0.05, 0) is 50.2 Å². The van der Waals surface area contributed by atoms with E-state index in [0.29, 0.717) is 12.3 Å². The molecule has 0 spiro atoms. The topological polar surface area (TPSA) is 63.3 Å². The van der Waals surface area contributed by atoms with Crippen molar-refractivity contribution in [1.29, 1.82) is 0 Å². The highest BCUT2D eigenvalue weighted by molar-refractivity contribution is 5.77. The van der Waals surface area contributed by atoms with Crippen LogP contribution in [0.4, 0.5) is 0 Å². The highest BCUT2D eigenvalue weighted by atomic mass is 16.4. The van der Waals surface area contributed by atoms with Crippen molar-refractivity contribution in [3.05, 3.63) is 35.4 Å². The van der Waals surface area contributed by atoms with E-state index in [1.54, 1.807) is 6.92 Å². The minimum absolute atomic E-state index is 0.380. The van der Waals surface area contributed by atoms with Crippen LogP contribution < -0.4 is 5.73 Å². The fourth-order valence-electron chi connectivity index (χ4n) is 2.61. The van der Waals surface area contributed by atoms with Crippen molar-refractivity contribution in [3.8, 4) is 0 Å². The second-order valence-corrected chi connectivity index (χ2v) is 6.02. The van der Waals surface area contributed by atoms with E-state index >= 15 is 0 Å². The van der Waals surface area contributed by atoms with Crippen LogP contribution >= 0.6 is 0 Å². The van der Waals surface area contributed by atoms with Crippen molar-refractivity contribution in [3.63, 3.8) is 0 Å². The summed E-state index contributed by atoms with van der Waals surface area (Å²) in [7, 11) is 0. The number of carboxylic acids is 1. The van der Waals surface area contributed by atoms with Gasteiger partial charge in [-0.25, -0.2) is 0 Å². The van der Waals surface area contributed by atoms with E-state index < -0.39 is 11.5 Å². The molecular formula is C17H27NO2. The van der Waals surface area contributed by atoms with Gasteiger partial charge in [-0.15, -0.1) is 0 Å². The summed E-state index contributed by atoms with van der Waals surface area (Å²) in [4.78, 5) is 11.1. The first-order valence-electron chi connectivity index (χ1n) is 7.43. The van der Waals surface area contributed by atoms with Gasteiger partial charge in [0.1, 0.15) is 5.54 Å². The fraction of sp³-hybridized carbons (Fsp3) is 0.588. The molecule has 0 aliphatic carbocycles. The maximum absolute atomic E-state index is 11.1. The molecule has 1 rings (SSSR count). The molecule has 112 valence electrons. The van der Waals surface area contributed by atoms with Crippen LogP contribution in [0.2, 0.25) is 0 Å². The van der Waals surface area contributed by atoms with E-state index in [1.807, 2.05) is 0 Å². The zero-order valence-electron chi connectivity index (χ0n) is 12.9. The summed E-state index contributed by atoms with van der Waals surface area (Å²) in [6.07, 6.45) is 4.70. The average molecular weight is 277 g/mol. The lowest BCUT2D eigenvalue weighted by molar-refractivity contribution is -0.143. The molecule has 1 aromatic carbocycles. The number of rotatable bonds is 8. The molecule has 3 nitrogen and oxygen atoms in total. The first-order valence-corrected chi connectivity index (χ1v) is 7.43. The molecule has 0 saturated heterocycles. The van der Waals surface area contributed by atoms with E-state index in [1.165, 1.54) is 11.1 Å². The van der Waals surface area contributed by atoms with Crippen LogP contribution in [0.1, 0.15) is 50.7 Å². The Hall–Kier alpha value is -1.35. The Morgan fingerprint density at radius 3 is 2.60 bits per heavy atom. The first-order chi connectivity index (χ1) is 9.36. The molecule has 0 radical (unpaired) electrons. The summed E-state index contributed by atoms with van der Waals surface area (Å²) in [5, 5.41) is 9.10.